The molecule has 0 spiro atoms. The highest BCUT2D eigenvalue weighted by Gasteiger charge is 2.12. The molecule has 0 aliphatic heterocycles. The first-order valence-corrected chi connectivity index (χ1v) is 7.35. The molecule has 21 heavy (non-hydrogen) atoms. The van der Waals surface area contributed by atoms with Crippen molar-refractivity contribution in [3.8, 4) is 0 Å². The molecule has 2 aromatic heterocycles. The second-order valence-electron chi connectivity index (χ2n) is 4.34. The minimum absolute atomic E-state index is 0.317. The van der Waals surface area contributed by atoms with Crippen molar-refractivity contribution in [2.45, 2.75) is 5.16 Å². The SMILES string of the molecule is COC(=O)c1ccc2c(c1)nc(N)c1nc(SC)ncc12. The van der Waals surface area contributed by atoms with E-state index in [0.29, 0.717) is 27.6 Å². The van der Waals surface area contributed by atoms with Gasteiger partial charge in [0.1, 0.15) is 5.52 Å². The summed E-state index contributed by atoms with van der Waals surface area (Å²) in [6.45, 7) is 0. The van der Waals surface area contributed by atoms with Crippen molar-refractivity contribution in [2.24, 2.45) is 0 Å². The Kier molecular flexibility index (Phi) is 3.34. The molecule has 0 unspecified atom stereocenters. The van der Waals surface area contributed by atoms with Gasteiger partial charge in [-0.15, -0.1) is 0 Å². The first-order valence-electron chi connectivity index (χ1n) is 6.12. The molecule has 0 atom stereocenters. The van der Waals surface area contributed by atoms with Crippen LogP contribution in [-0.4, -0.2) is 34.3 Å². The predicted octanol–water partition coefficient (Wildman–Crippen LogP) is 2.27. The molecule has 2 heterocycles. The summed E-state index contributed by atoms with van der Waals surface area (Å²) >= 11 is 1.44. The summed E-state index contributed by atoms with van der Waals surface area (Å²) < 4.78 is 4.71. The number of pyridine rings is 1. The fourth-order valence-electron chi connectivity index (χ4n) is 2.14. The molecule has 6 nitrogen and oxygen atoms in total. The number of rotatable bonds is 2. The van der Waals surface area contributed by atoms with Crippen LogP contribution >= 0.6 is 11.8 Å². The first-order chi connectivity index (χ1) is 10.1. The van der Waals surface area contributed by atoms with Crippen LogP contribution < -0.4 is 5.73 Å². The van der Waals surface area contributed by atoms with Crippen LogP contribution in [0.25, 0.3) is 21.8 Å². The minimum Gasteiger partial charge on any atom is -0.465 e. The van der Waals surface area contributed by atoms with Gasteiger partial charge in [0.05, 0.1) is 18.2 Å². The van der Waals surface area contributed by atoms with Crippen LogP contribution in [-0.2, 0) is 4.74 Å². The zero-order valence-corrected chi connectivity index (χ0v) is 12.3. The van der Waals surface area contributed by atoms with Crippen molar-refractivity contribution in [3.05, 3.63) is 30.0 Å². The summed E-state index contributed by atoms with van der Waals surface area (Å²) in [5, 5.41) is 2.30. The highest BCUT2D eigenvalue weighted by atomic mass is 32.2. The highest BCUT2D eigenvalue weighted by molar-refractivity contribution is 7.98. The first kappa shape index (κ1) is 13.6. The summed E-state index contributed by atoms with van der Waals surface area (Å²) in [7, 11) is 1.34. The monoisotopic (exact) mass is 300 g/mol. The molecule has 2 N–H and O–H groups in total. The number of hydrogen-bond acceptors (Lipinski definition) is 7. The lowest BCUT2D eigenvalue weighted by molar-refractivity contribution is 0.0601. The number of ether oxygens (including phenoxy) is 1. The van der Waals surface area contributed by atoms with Gasteiger partial charge in [0, 0.05) is 17.0 Å². The number of aromatic nitrogens is 3. The second kappa shape index (κ2) is 5.17. The largest absolute Gasteiger partial charge is 0.465 e. The van der Waals surface area contributed by atoms with Crippen molar-refractivity contribution in [1.82, 2.24) is 15.0 Å². The number of nitrogens with zero attached hydrogens (tertiary/aromatic N) is 3. The Morgan fingerprint density at radius 2 is 2.10 bits per heavy atom. The van der Waals surface area contributed by atoms with Crippen LogP contribution in [0.4, 0.5) is 5.82 Å². The zero-order chi connectivity index (χ0) is 15.0. The smallest absolute Gasteiger partial charge is 0.337 e. The Balaban J connectivity index is 2.32. The molecule has 0 saturated carbocycles. The van der Waals surface area contributed by atoms with Crippen LogP contribution in [0.2, 0.25) is 0 Å². The molecule has 0 aliphatic rings. The molecule has 7 heteroatoms. The van der Waals surface area contributed by atoms with E-state index in [9.17, 15) is 4.79 Å². The minimum atomic E-state index is -0.411. The molecular weight excluding hydrogens is 288 g/mol. The summed E-state index contributed by atoms with van der Waals surface area (Å²) in [6.07, 6.45) is 3.63. The summed E-state index contributed by atoms with van der Waals surface area (Å²) in [5.74, 6) is -0.0939. The van der Waals surface area contributed by atoms with Gasteiger partial charge in [-0.05, 0) is 18.4 Å². The number of fused-ring (bicyclic) bond motifs is 3. The van der Waals surface area contributed by atoms with Crippen LogP contribution in [0.3, 0.4) is 0 Å². The molecule has 0 fully saturated rings. The normalized spacial score (nSPS) is 11.0. The Labute approximate surface area is 124 Å². The van der Waals surface area contributed by atoms with E-state index >= 15 is 0 Å². The molecule has 3 rings (SSSR count). The number of benzene rings is 1. The van der Waals surface area contributed by atoms with Gasteiger partial charge in [0.25, 0.3) is 0 Å². The number of nitrogen functional groups attached to an aromatic ring is 1. The highest BCUT2D eigenvalue weighted by Crippen LogP contribution is 2.28. The summed E-state index contributed by atoms with van der Waals surface area (Å²) in [4.78, 5) is 24.6. The van der Waals surface area contributed by atoms with Crippen LogP contribution in [0.5, 0.6) is 0 Å². The maximum Gasteiger partial charge on any atom is 0.337 e. The molecule has 0 saturated heterocycles. The van der Waals surface area contributed by atoms with Gasteiger partial charge in [-0.25, -0.2) is 19.7 Å². The van der Waals surface area contributed by atoms with E-state index in [1.54, 1.807) is 24.4 Å². The third-order valence-corrected chi connectivity index (χ3v) is 3.70. The van der Waals surface area contributed by atoms with Crippen molar-refractivity contribution in [3.63, 3.8) is 0 Å². The molecule has 0 radical (unpaired) electrons. The number of esters is 1. The van der Waals surface area contributed by atoms with Gasteiger partial charge in [-0.1, -0.05) is 17.8 Å². The standard InChI is InChI=1S/C14H12N4O2S/c1-20-13(19)7-3-4-8-9-6-16-14(21-2)18-11(9)12(15)17-10(8)5-7/h3-6H,1-2H3,(H2,15,17). The molecule has 1 aromatic carbocycles. The lowest BCUT2D eigenvalue weighted by Crippen LogP contribution is -2.02. The Bertz CT molecular complexity index is 866. The van der Waals surface area contributed by atoms with Gasteiger partial charge < -0.3 is 10.5 Å². The van der Waals surface area contributed by atoms with Crippen molar-refractivity contribution in [1.29, 1.82) is 0 Å². The van der Waals surface area contributed by atoms with Gasteiger partial charge in [-0.3, -0.25) is 0 Å². The maximum atomic E-state index is 11.6. The molecule has 3 aromatic rings. The van der Waals surface area contributed by atoms with Crippen molar-refractivity contribution >= 4 is 45.4 Å². The van der Waals surface area contributed by atoms with Gasteiger partial charge in [0.2, 0.25) is 0 Å². The third kappa shape index (κ3) is 2.25. The quantitative estimate of drug-likeness (QED) is 0.336. The van der Waals surface area contributed by atoms with E-state index in [2.05, 4.69) is 15.0 Å². The van der Waals surface area contributed by atoms with E-state index in [-0.39, 0.29) is 0 Å². The molecule has 106 valence electrons. The Morgan fingerprint density at radius 3 is 2.81 bits per heavy atom. The van der Waals surface area contributed by atoms with Crippen LogP contribution in [0.1, 0.15) is 10.4 Å². The van der Waals surface area contributed by atoms with E-state index in [1.165, 1.54) is 18.9 Å². The lowest BCUT2D eigenvalue weighted by Gasteiger charge is -2.07. The van der Waals surface area contributed by atoms with Crippen molar-refractivity contribution < 1.29 is 9.53 Å². The number of nitrogens with two attached hydrogens (primary N) is 1. The average molecular weight is 300 g/mol. The van der Waals surface area contributed by atoms with E-state index in [4.69, 9.17) is 10.5 Å². The second-order valence-corrected chi connectivity index (χ2v) is 5.11. The molecule has 0 aliphatic carbocycles. The summed E-state index contributed by atoms with van der Waals surface area (Å²) in [6, 6.07) is 5.14. The van der Waals surface area contributed by atoms with E-state index in [1.807, 2.05) is 6.26 Å². The number of carbonyl (C=O) groups is 1. The fourth-order valence-corrected chi connectivity index (χ4v) is 2.48. The zero-order valence-electron chi connectivity index (χ0n) is 11.5. The number of hydrogen-bond donors (Lipinski definition) is 1. The topological polar surface area (TPSA) is 91.0 Å². The third-order valence-electron chi connectivity index (χ3n) is 3.14. The lowest BCUT2D eigenvalue weighted by atomic mass is 10.1. The molecular formula is C14H12N4O2S. The average Bonchev–Trinajstić information content (AvgIpc) is 2.53. The fraction of sp³-hybridized carbons (Fsp3) is 0.143. The molecule has 0 amide bonds. The van der Waals surface area contributed by atoms with Crippen LogP contribution in [0, 0.1) is 0 Å². The number of methoxy groups -OCH3 is 1. The Hall–Kier alpha value is -2.41. The number of carbonyl (C=O) groups excluding carboxylic acids is 1. The number of thioether (sulfide) groups is 1. The van der Waals surface area contributed by atoms with Crippen LogP contribution in [0.15, 0.2) is 29.6 Å². The van der Waals surface area contributed by atoms with Gasteiger partial charge >= 0.3 is 5.97 Å². The van der Waals surface area contributed by atoms with Gasteiger partial charge in [-0.2, -0.15) is 0 Å². The Morgan fingerprint density at radius 1 is 1.29 bits per heavy atom. The molecule has 0 bridgehead atoms. The van der Waals surface area contributed by atoms with Crippen molar-refractivity contribution in [2.75, 3.05) is 19.1 Å². The van der Waals surface area contributed by atoms with Gasteiger partial charge in [0.15, 0.2) is 11.0 Å². The summed E-state index contributed by atoms with van der Waals surface area (Å²) in [5.41, 5.74) is 7.64. The van der Waals surface area contributed by atoms with E-state index < -0.39 is 5.97 Å². The predicted molar refractivity (Wildman–Crippen MR) is 82.4 cm³/mol. The number of anilines is 1. The van der Waals surface area contributed by atoms with E-state index in [0.717, 1.165) is 10.8 Å². The maximum absolute atomic E-state index is 11.6.